The second kappa shape index (κ2) is 7.81. The Balaban J connectivity index is 1.40. The Morgan fingerprint density at radius 2 is 1.97 bits per heavy atom. The summed E-state index contributed by atoms with van der Waals surface area (Å²) in [5.74, 6) is -0.698. The van der Waals surface area contributed by atoms with E-state index in [-0.39, 0.29) is 40.6 Å². The van der Waals surface area contributed by atoms with Crippen LogP contribution in [0.4, 0.5) is 23.7 Å². The molecule has 1 saturated heterocycles. The summed E-state index contributed by atoms with van der Waals surface area (Å²) in [5.41, 5.74) is -1.17. The Kier molecular flexibility index (Phi) is 5.49. The molecule has 2 fully saturated rings. The van der Waals surface area contributed by atoms with E-state index in [4.69, 9.17) is 9.15 Å². The lowest BCUT2D eigenvalue weighted by atomic mass is 9.56. The molecule has 2 aliphatic rings. The molecule has 2 aromatic rings. The van der Waals surface area contributed by atoms with Gasteiger partial charge in [0.2, 0.25) is 5.89 Å². The van der Waals surface area contributed by atoms with Gasteiger partial charge in [-0.2, -0.15) is 13.2 Å². The third-order valence-corrected chi connectivity index (χ3v) is 6.19. The first-order valence-corrected chi connectivity index (χ1v) is 10.8. The topological polar surface area (TPSA) is 100 Å². The molecule has 4 rings (SSSR count). The van der Waals surface area contributed by atoms with E-state index >= 15 is 0 Å². The van der Waals surface area contributed by atoms with Gasteiger partial charge in [0.25, 0.3) is 0 Å². The van der Waals surface area contributed by atoms with Crippen LogP contribution < -0.4 is 11.1 Å². The van der Waals surface area contributed by atoms with Crippen LogP contribution in [0, 0.1) is 11.3 Å². The van der Waals surface area contributed by atoms with Gasteiger partial charge in [-0.1, -0.05) is 0 Å². The first kappa shape index (κ1) is 23.2. The van der Waals surface area contributed by atoms with Gasteiger partial charge < -0.3 is 19.4 Å². The molecular formula is C22H27F3N4O4. The third-order valence-electron chi connectivity index (χ3n) is 6.19. The molecule has 1 aliphatic heterocycles. The number of carbonyl (C=O) groups excluding carboxylic acids is 1. The lowest BCUT2D eigenvalue weighted by molar-refractivity contribution is -0.137. The van der Waals surface area contributed by atoms with Crippen molar-refractivity contribution in [2.24, 2.45) is 11.3 Å². The number of hydrogen-bond donors (Lipinski definition) is 2. The molecular weight excluding hydrogens is 441 g/mol. The number of H-pyrrole nitrogens is 1. The largest absolute Gasteiger partial charge is 0.444 e. The van der Waals surface area contributed by atoms with E-state index in [1.54, 1.807) is 4.90 Å². The van der Waals surface area contributed by atoms with Crippen LogP contribution in [0.15, 0.2) is 27.4 Å². The summed E-state index contributed by atoms with van der Waals surface area (Å²) in [6.07, 6.45) is -3.25. The number of alkyl halides is 3. The maximum atomic E-state index is 13.6. The van der Waals surface area contributed by atoms with Crippen LogP contribution in [-0.4, -0.2) is 45.9 Å². The van der Waals surface area contributed by atoms with E-state index in [2.05, 4.69) is 15.5 Å². The van der Waals surface area contributed by atoms with Crippen molar-refractivity contribution in [3.8, 4) is 11.5 Å². The molecule has 1 atom stereocenters. The quantitative estimate of drug-likeness (QED) is 0.686. The van der Waals surface area contributed by atoms with Gasteiger partial charge in [-0.15, -0.1) is 5.10 Å². The third kappa shape index (κ3) is 4.86. The normalized spacial score (nSPS) is 19.1. The Morgan fingerprint density at radius 3 is 2.52 bits per heavy atom. The van der Waals surface area contributed by atoms with Gasteiger partial charge in [-0.3, -0.25) is 0 Å². The van der Waals surface area contributed by atoms with E-state index in [0.717, 1.165) is 18.9 Å². The molecule has 8 nitrogen and oxygen atoms in total. The van der Waals surface area contributed by atoms with Crippen LogP contribution >= 0.6 is 0 Å². The molecule has 1 amide bonds. The molecule has 1 saturated carbocycles. The Bertz CT molecular complexity index is 1090. The van der Waals surface area contributed by atoms with E-state index < -0.39 is 23.1 Å². The van der Waals surface area contributed by atoms with Gasteiger partial charge >= 0.3 is 18.0 Å². The van der Waals surface area contributed by atoms with Crippen molar-refractivity contribution in [3.63, 3.8) is 0 Å². The number of hydrogen-bond acceptors (Lipinski definition) is 6. The van der Waals surface area contributed by atoms with Gasteiger partial charge in [0.15, 0.2) is 0 Å². The first-order valence-electron chi connectivity index (χ1n) is 10.8. The summed E-state index contributed by atoms with van der Waals surface area (Å²) < 4.78 is 51.0. The number of nitrogens with one attached hydrogen (secondary N) is 2. The number of rotatable bonds is 4. The average molecular weight is 468 g/mol. The van der Waals surface area contributed by atoms with Crippen molar-refractivity contribution >= 4 is 11.8 Å². The minimum Gasteiger partial charge on any atom is -0.444 e. The molecule has 11 heteroatoms. The average Bonchev–Trinajstić information content (AvgIpc) is 3.03. The lowest BCUT2D eigenvalue weighted by Crippen LogP contribution is -2.65. The van der Waals surface area contributed by atoms with E-state index in [0.29, 0.717) is 13.1 Å². The fourth-order valence-electron chi connectivity index (χ4n) is 4.64. The highest BCUT2D eigenvalue weighted by molar-refractivity contribution is 5.69. The van der Waals surface area contributed by atoms with Gasteiger partial charge in [0, 0.05) is 35.8 Å². The Labute approximate surface area is 188 Å². The SMILES string of the molecule is CC(Nc1cc(-c2n[nH]c(=O)o2)ccc1C(F)(F)F)C1CC2(C1)CN(C(=O)OC(C)(C)C)C2. The maximum absolute atomic E-state index is 13.6. The summed E-state index contributed by atoms with van der Waals surface area (Å²) in [6.45, 7) is 8.51. The van der Waals surface area contributed by atoms with Crippen LogP contribution in [0.5, 0.6) is 0 Å². The predicted octanol–water partition coefficient (Wildman–Crippen LogP) is 4.50. The van der Waals surface area contributed by atoms with Gasteiger partial charge in [-0.25, -0.2) is 14.7 Å². The number of anilines is 1. The molecule has 2 N–H and O–H groups in total. The Hall–Kier alpha value is -2.98. The molecule has 1 spiro atoms. The zero-order valence-electron chi connectivity index (χ0n) is 18.9. The number of nitrogens with zero attached hydrogens (tertiary/aromatic N) is 2. The van der Waals surface area contributed by atoms with Gasteiger partial charge in [-0.05, 0) is 64.7 Å². The molecule has 0 radical (unpaired) electrons. The zero-order valence-corrected chi connectivity index (χ0v) is 18.9. The van der Waals surface area contributed by atoms with E-state index in [1.165, 1.54) is 12.1 Å². The maximum Gasteiger partial charge on any atom is 0.434 e. The van der Waals surface area contributed by atoms with Crippen LogP contribution in [0.25, 0.3) is 11.5 Å². The summed E-state index contributed by atoms with van der Waals surface area (Å²) in [7, 11) is 0. The molecule has 180 valence electrons. The van der Waals surface area contributed by atoms with Gasteiger partial charge in [0.05, 0.1) is 5.56 Å². The number of amides is 1. The molecule has 1 aliphatic carbocycles. The summed E-state index contributed by atoms with van der Waals surface area (Å²) in [4.78, 5) is 25.0. The lowest BCUT2D eigenvalue weighted by Gasteiger charge is -2.60. The van der Waals surface area contributed by atoms with Crippen molar-refractivity contribution in [1.29, 1.82) is 0 Å². The molecule has 1 unspecified atom stereocenters. The second-order valence-corrected chi connectivity index (χ2v) is 10.1. The molecule has 1 aromatic carbocycles. The Morgan fingerprint density at radius 1 is 1.30 bits per heavy atom. The van der Waals surface area contributed by atoms with Crippen molar-refractivity contribution in [3.05, 3.63) is 34.3 Å². The number of ether oxygens (including phenoxy) is 1. The minimum absolute atomic E-state index is 0.0185. The first-order chi connectivity index (χ1) is 15.2. The predicted molar refractivity (Wildman–Crippen MR) is 114 cm³/mol. The number of carbonyl (C=O) groups is 1. The summed E-state index contributed by atoms with van der Waals surface area (Å²) >= 11 is 0. The molecule has 2 heterocycles. The van der Waals surface area contributed by atoms with Gasteiger partial charge in [0.1, 0.15) is 5.60 Å². The van der Waals surface area contributed by atoms with E-state index in [9.17, 15) is 22.8 Å². The standard InChI is InChI=1S/C22H27F3N4O4/c1-12(14-8-21(9-14)10-29(11-21)19(31)33-20(2,3)4)26-16-7-13(17-27-28-18(30)32-17)5-6-15(16)22(23,24)25/h5-7,12,14,26H,8-11H2,1-4H3,(H,28,30). The number of halogens is 3. The summed E-state index contributed by atoms with van der Waals surface area (Å²) in [6, 6.07) is 3.23. The van der Waals surface area contributed by atoms with Crippen molar-refractivity contribution in [1.82, 2.24) is 15.1 Å². The molecule has 33 heavy (non-hydrogen) atoms. The van der Waals surface area contributed by atoms with Crippen LogP contribution in [0.1, 0.15) is 46.1 Å². The zero-order chi connectivity index (χ0) is 24.2. The number of benzene rings is 1. The van der Waals surface area contributed by atoms with Crippen molar-refractivity contribution in [2.45, 2.75) is 58.4 Å². The highest BCUT2D eigenvalue weighted by atomic mass is 19.4. The van der Waals surface area contributed by atoms with Crippen LogP contribution in [0.2, 0.25) is 0 Å². The highest BCUT2D eigenvalue weighted by Crippen LogP contribution is 2.53. The van der Waals surface area contributed by atoms with Crippen LogP contribution in [-0.2, 0) is 10.9 Å². The van der Waals surface area contributed by atoms with Crippen LogP contribution in [0.3, 0.4) is 0 Å². The van der Waals surface area contributed by atoms with Crippen molar-refractivity contribution in [2.75, 3.05) is 18.4 Å². The van der Waals surface area contributed by atoms with E-state index in [1.807, 2.05) is 27.7 Å². The smallest absolute Gasteiger partial charge is 0.434 e. The minimum atomic E-state index is -4.55. The van der Waals surface area contributed by atoms with Crippen molar-refractivity contribution < 1.29 is 27.1 Å². The molecule has 0 bridgehead atoms. The fourth-order valence-corrected chi connectivity index (χ4v) is 4.64. The number of aromatic nitrogens is 2. The fraction of sp³-hybridized carbons (Fsp3) is 0.591. The second-order valence-electron chi connectivity index (χ2n) is 10.1. The number of likely N-dealkylation sites (tertiary alicyclic amines) is 1. The summed E-state index contributed by atoms with van der Waals surface area (Å²) in [5, 5.41) is 8.79. The highest BCUT2D eigenvalue weighted by Gasteiger charge is 2.55. The molecule has 1 aromatic heterocycles. The monoisotopic (exact) mass is 468 g/mol. The number of aromatic amines is 1.